The molecule has 1 aliphatic carbocycles. The van der Waals surface area contributed by atoms with Crippen molar-refractivity contribution in [2.75, 3.05) is 27.3 Å². The summed E-state index contributed by atoms with van der Waals surface area (Å²) in [4.78, 5) is 2.41. The first kappa shape index (κ1) is 17.7. The molecule has 1 aliphatic heterocycles. The van der Waals surface area contributed by atoms with Crippen molar-refractivity contribution in [2.45, 2.75) is 25.8 Å². The topological polar surface area (TPSA) is 62.2 Å². The molecule has 1 atom stereocenters. The molecule has 5 nitrogen and oxygen atoms in total. The van der Waals surface area contributed by atoms with Crippen molar-refractivity contribution in [1.82, 2.24) is 4.90 Å². The number of hydrogen-bond acceptors (Lipinski definition) is 5. The zero-order valence-corrected chi connectivity index (χ0v) is 16.0. The molecule has 27 heavy (non-hydrogen) atoms. The average molecular weight is 367 g/mol. The van der Waals surface area contributed by atoms with E-state index >= 15 is 0 Å². The van der Waals surface area contributed by atoms with Crippen LogP contribution in [0, 0.1) is 0 Å². The zero-order valence-electron chi connectivity index (χ0n) is 16.0. The second-order valence-corrected chi connectivity index (χ2v) is 7.45. The van der Waals surface area contributed by atoms with Gasteiger partial charge in [-0.2, -0.15) is 0 Å². The number of fused-ring (bicyclic) bond motifs is 2. The highest BCUT2D eigenvalue weighted by molar-refractivity contribution is 5.84. The summed E-state index contributed by atoms with van der Waals surface area (Å²) in [6.45, 7) is 7.85. The maximum absolute atomic E-state index is 11.0. The van der Waals surface area contributed by atoms with Gasteiger partial charge in [-0.1, -0.05) is 12.2 Å². The first-order valence-electron chi connectivity index (χ1n) is 9.16. The van der Waals surface area contributed by atoms with E-state index in [-0.39, 0.29) is 17.5 Å². The highest BCUT2D eigenvalue weighted by Crippen LogP contribution is 2.53. The van der Waals surface area contributed by atoms with Crippen LogP contribution in [-0.4, -0.2) is 42.4 Å². The summed E-state index contributed by atoms with van der Waals surface area (Å²) in [5, 5.41) is 21.3. The third-order valence-corrected chi connectivity index (χ3v) is 5.61. The third kappa shape index (κ3) is 2.73. The molecule has 0 amide bonds. The fourth-order valence-corrected chi connectivity index (χ4v) is 4.49. The van der Waals surface area contributed by atoms with Gasteiger partial charge in [-0.3, -0.25) is 4.90 Å². The molecule has 1 unspecified atom stereocenters. The van der Waals surface area contributed by atoms with Gasteiger partial charge >= 0.3 is 0 Å². The van der Waals surface area contributed by atoms with Crippen LogP contribution >= 0.6 is 0 Å². The molecule has 142 valence electrons. The summed E-state index contributed by atoms with van der Waals surface area (Å²) in [6, 6.07) is 5.66. The first-order chi connectivity index (χ1) is 12.9. The molecule has 2 N–H and O–H groups in total. The van der Waals surface area contributed by atoms with Crippen LogP contribution < -0.4 is 9.47 Å². The number of rotatable bonds is 4. The van der Waals surface area contributed by atoms with Crippen LogP contribution in [-0.2, 0) is 12.8 Å². The van der Waals surface area contributed by atoms with Crippen LogP contribution in [0.25, 0.3) is 11.1 Å². The Morgan fingerprint density at radius 3 is 2.56 bits per heavy atom. The molecule has 1 heterocycles. The van der Waals surface area contributed by atoms with E-state index in [1.54, 1.807) is 13.2 Å². The Morgan fingerprint density at radius 2 is 1.89 bits per heavy atom. The van der Waals surface area contributed by atoms with Crippen LogP contribution in [0.5, 0.6) is 23.0 Å². The number of benzene rings is 2. The highest BCUT2D eigenvalue weighted by atomic mass is 16.5. The Hall–Kier alpha value is -2.66. The fourth-order valence-electron chi connectivity index (χ4n) is 4.49. The second kappa shape index (κ2) is 6.50. The van der Waals surface area contributed by atoms with Gasteiger partial charge in [0.2, 0.25) is 0 Å². The predicted octanol–water partition coefficient (Wildman–Crippen LogP) is 3.81. The summed E-state index contributed by atoms with van der Waals surface area (Å²) in [6.07, 6.45) is 1.67. The van der Waals surface area contributed by atoms with Crippen molar-refractivity contribution in [2.24, 2.45) is 0 Å². The van der Waals surface area contributed by atoms with Gasteiger partial charge in [0, 0.05) is 24.7 Å². The van der Waals surface area contributed by atoms with E-state index in [4.69, 9.17) is 9.47 Å². The smallest absolute Gasteiger partial charge is 0.166 e. The van der Waals surface area contributed by atoms with Gasteiger partial charge in [-0.05, 0) is 60.2 Å². The minimum atomic E-state index is 0.115. The molecule has 0 saturated carbocycles. The maximum Gasteiger partial charge on any atom is 0.166 e. The van der Waals surface area contributed by atoms with E-state index in [1.807, 2.05) is 19.1 Å². The number of nitrogens with zero attached hydrogens (tertiary/aromatic N) is 1. The van der Waals surface area contributed by atoms with Crippen LogP contribution in [0.2, 0.25) is 0 Å². The second-order valence-electron chi connectivity index (χ2n) is 7.45. The van der Waals surface area contributed by atoms with Crippen LogP contribution in [0.1, 0.15) is 29.7 Å². The number of ether oxygens (including phenoxy) is 2. The van der Waals surface area contributed by atoms with Crippen molar-refractivity contribution < 1.29 is 19.7 Å². The number of hydrogen-bond donors (Lipinski definition) is 2. The van der Waals surface area contributed by atoms with E-state index in [0.717, 1.165) is 53.8 Å². The highest BCUT2D eigenvalue weighted by Gasteiger charge is 2.37. The summed E-state index contributed by atoms with van der Waals surface area (Å²) in [7, 11) is 3.10. The molecule has 0 bridgehead atoms. The number of phenols is 2. The van der Waals surface area contributed by atoms with E-state index in [9.17, 15) is 10.2 Å². The summed E-state index contributed by atoms with van der Waals surface area (Å²) in [5.74, 6) is 1.14. The Labute approximate surface area is 159 Å². The molecular weight excluding hydrogens is 342 g/mol. The summed E-state index contributed by atoms with van der Waals surface area (Å²) < 4.78 is 10.8. The molecule has 0 saturated heterocycles. The number of methoxy groups -OCH3 is 2. The molecule has 4 rings (SSSR count). The van der Waals surface area contributed by atoms with E-state index in [0.29, 0.717) is 11.5 Å². The first-order valence-corrected chi connectivity index (χ1v) is 9.16. The monoisotopic (exact) mass is 367 g/mol. The van der Waals surface area contributed by atoms with E-state index in [2.05, 4.69) is 11.5 Å². The Kier molecular flexibility index (Phi) is 4.27. The van der Waals surface area contributed by atoms with Crippen molar-refractivity contribution in [1.29, 1.82) is 0 Å². The molecule has 0 aromatic heterocycles. The lowest BCUT2D eigenvalue weighted by atomic mass is 9.76. The SMILES string of the molecule is C=C(C)CN1CCc2cc(OC)c(O)c3c2C1Cc1cc(O)c(OC)cc1-3. The molecule has 2 aliphatic rings. The lowest BCUT2D eigenvalue weighted by Crippen LogP contribution is -2.39. The lowest BCUT2D eigenvalue weighted by molar-refractivity contribution is 0.198. The van der Waals surface area contributed by atoms with Gasteiger partial charge in [0.05, 0.1) is 14.2 Å². The number of phenolic OH excluding ortho intramolecular Hbond substituents is 2. The average Bonchev–Trinajstić information content (AvgIpc) is 2.64. The normalized spacial score (nSPS) is 17.8. The van der Waals surface area contributed by atoms with Crippen molar-refractivity contribution in [3.05, 3.63) is 47.0 Å². The van der Waals surface area contributed by atoms with Crippen molar-refractivity contribution in [3.8, 4) is 34.1 Å². The lowest BCUT2D eigenvalue weighted by Gasteiger charge is -2.42. The minimum absolute atomic E-state index is 0.115. The molecule has 2 aromatic carbocycles. The summed E-state index contributed by atoms with van der Waals surface area (Å²) in [5.41, 5.74) is 6.16. The van der Waals surface area contributed by atoms with Crippen molar-refractivity contribution in [3.63, 3.8) is 0 Å². The van der Waals surface area contributed by atoms with E-state index < -0.39 is 0 Å². The predicted molar refractivity (Wildman–Crippen MR) is 105 cm³/mol. The Morgan fingerprint density at radius 1 is 1.15 bits per heavy atom. The molecule has 0 fully saturated rings. The van der Waals surface area contributed by atoms with Crippen LogP contribution in [0.3, 0.4) is 0 Å². The van der Waals surface area contributed by atoms with Gasteiger partial charge in [0.25, 0.3) is 0 Å². The minimum Gasteiger partial charge on any atom is -0.504 e. The maximum atomic E-state index is 11.0. The number of aromatic hydroxyl groups is 2. The largest absolute Gasteiger partial charge is 0.504 e. The standard InChI is InChI=1S/C22H25NO4/c1-12(2)11-23-6-5-13-9-19(27-4)22(25)21-15-10-18(26-3)17(24)8-14(15)7-16(23)20(13)21/h8-10,16,24-25H,1,5-7,11H2,2-4H3. The third-order valence-electron chi connectivity index (χ3n) is 5.61. The Bertz CT molecular complexity index is 935. The van der Waals surface area contributed by atoms with Crippen LogP contribution in [0.4, 0.5) is 0 Å². The fraction of sp³-hybridized carbons (Fsp3) is 0.364. The van der Waals surface area contributed by atoms with Gasteiger partial charge in [-0.15, -0.1) is 0 Å². The Balaban J connectivity index is 1.98. The molecule has 0 spiro atoms. The van der Waals surface area contributed by atoms with Gasteiger partial charge in [0.1, 0.15) is 0 Å². The van der Waals surface area contributed by atoms with Gasteiger partial charge in [0.15, 0.2) is 23.0 Å². The molecule has 5 heteroatoms. The van der Waals surface area contributed by atoms with Crippen LogP contribution in [0.15, 0.2) is 30.4 Å². The quantitative estimate of drug-likeness (QED) is 0.805. The van der Waals surface area contributed by atoms with Crippen molar-refractivity contribution >= 4 is 0 Å². The molecule has 2 aromatic rings. The van der Waals surface area contributed by atoms with Gasteiger partial charge < -0.3 is 19.7 Å². The zero-order chi connectivity index (χ0) is 19.3. The molecule has 0 radical (unpaired) electrons. The van der Waals surface area contributed by atoms with Gasteiger partial charge in [-0.25, -0.2) is 0 Å². The summed E-state index contributed by atoms with van der Waals surface area (Å²) >= 11 is 0. The molecular formula is C22H25NO4. The van der Waals surface area contributed by atoms with E-state index in [1.165, 1.54) is 12.7 Å².